The summed E-state index contributed by atoms with van der Waals surface area (Å²) in [5.41, 5.74) is 0.821. The Hall–Kier alpha value is -1.40. The second kappa shape index (κ2) is 7.46. The molecule has 1 fully saturated rings. The van der Waals surface area contributed by atoms with Crippen molar-refractivity contribution < 1.29 is 13.2 Å². The molecule has 1 saturated carbocycles. The van der Waals surface area contributed by atoms with E-state index in [0.717, 1.165) is 25.7 Å². The average molecular weight is 367 g/mol. The number of anilines is 1. The molecule has 6 heteroatoms. The van der Waals surface area contributed by atoms with Crippen molar-refractivity contribution in [1.82, 2.24) is 4.31 Å². The topological polar surface area (TPSA) is 66.5 Å². The van der Waals surface area contributed by atoms with Crippen molar-refractivity contribution in [2.24, 2.45) is 17.3 Å². The highest BCUT2D eigenvalue weighted by molar-refractivity contribution is 7.89. The lowest BCUT2D eigenvalue weighted by atomic mass is 9.69. The minimum atomic E-state index is -3.50. The molecule has 0 spiro atoms. The van der Waals surface area contributed by atoms with Gasteiger partial charge in [0.05, 0.1) is 4.90 Å². The van der Waals surface area contributed by atoms with Crippen molar-refractivity contribution in [3.8, 4) is 0 Å². The summed E-state index contributed by atoms with van der Waals surface area (Å²) in [6, 6.07) is 6.45. The van der Waals surface area contributed by atoms with Crippen LogP contribution >= 0.6 is 0 Å². The zero-order valence-corrected chi connectivity index (χ0v) is 16.7. The lowest BCUT2D eigenvalue weighted by molar-refractivity contribution is -0.121. The molecule has 0 aliphatic heterocycles. The van der Waals surface area contributed by atoms with Gasteiger partial charge in [0, 0.05) is 25.7 Å². The largest absolute Gasteiger partial charge is 0.326 e. The Morgan fingerprint density at radius 3 is 2.24 bits per heavy atom. The van der Waals surface area contributed by atoms with Crippen molar-refractivity contribution in [3.63, 3.8) is 0 Å². The van der Waals surface area contributed by atoms with Gasteiger partial charge in [-0.1, -0.05) is 26.8 Å². The second-order valence-electron chi connectivity index (χ2n) is 8.22. The van der Waals surface area contributed by atoms with E-state index in [0.29, 0.717) is 11.6 Å². The molecular weight excluding hydrogens is 336 g/mol. The number of sulfonamides is 1. The van der Waals surface area contributed by atoms with Crippen LogP contribution in [0.2, 0.25) is 0 Å². The molecule has 140 valence electrons. The van der Waals surface area contributed by atoms with E-state index < -0.39 is 10.0 Å². The van der Waals surface area contributed by atoms with Crippen molar-refractivity contribution in [2.75, 3.05) is 19.4 Å². The van der Waals surface area contributed by atoms with Crippen molar-refractivity contribution in [1.29, 1.82) is 0 Å². The van der Waals surface area contributed by atoms with Crippen LogP contribution in [0.3, 0.4) is 0 Å². The highest BCUT2D eigenvalue weighted by Crippen LogP contribution is 2.40. The smallest absolute Gasteiger partial charge is 0.242 e. The number of nitrogens with one attached hydrogen (secondary N) is 1. The molecule has 2 rings (SSSR count). The molecule has 1 amide bonds. The predicted molar refractivity (Wildman–Crippen MR) is 101 cm³/mol. The normalized spacial score (nSPS) is 22.0. The van der Waals surface area contributed by atoms with Crippen LogP contribution in [0.15, 0.2) is 29.2 Å². The van der Waals surface area contributed by atoms with Gasteiger partial charge in [-0.3, -0.25) is 4.79 Å². The van der Waals surface area contributed by atoms with Crippen LogP contribution in [0.25, 0.3) is 0 Å². The highest BCUT2D eigenvalue weighted by Gasteiger charge is 2.32. The SMILES string of the molecule is CN(C)S(=O)(=O)c1cccc(NC(=O)C2CCC(C(C)(C)C)CC2)c1. The molecule has 1 aromatic carbocycles. The Kier molecular flexibility index (Phi) is 5.94. The third kappa shape index (κ3) is 4.82. The van der Waals surface area contributed by atoms with Gasteiger partial charge in [-0.05, 0) is 55.2 Å². The van der Waals surface area contributed by atoms with Gasteiger partial charge in [0.15, 0.2) is 0 Å². The van der Waals surface area contributed by atoms with Crippen LogP contribution in [0, 0.1) is 17.3 Å². The molecular formula is C19H30N2O3S. The predicted octanol–water partition coefficient (Wildman–Crippen LogP) is 3.73. The first-order valence-electron chi connectivity index (χ1n) is 8.85. The summed E-state index contributed by atoms with van der Waals surface area (Å²) in [7, 11) is -0.513. The fraction of sp³-hybridized carbons (Fsp3) is 0.632. The summed E-state index contributed by atoms with van der Waals surface area (Å²) >= 11 is 0. The van der Waals surface area contributed by atoms with E-state index in [-0.39, 0.29) is 22.1 Å². The molecule has 5 nitrogen and oxygen atoms in total. The zero-order chi connectivity index (χ0) is 18.8. The van der Waals surface area contributed by atoms with E-state index in [1.807, 2.05) is 0 Å². The summed E-state index contributed by atoms with van der Waals surface area (Å²) in [5, 5.41) is 2.89. The van der Waals surface area contributed by atoms with Crippen LogP contribution in [0.5, 0.6) is 0 Å². The maximum atomic E-state index is 12.5. The number of benzene rings is 1. The lowest BCUT2D eigenvalue weighted by Crippen LogP contribution is -2.31. The fourth-order valence-corrected chi connectivity index (χ4v) is 4.36. The van der Waals surface area contributed by atoms with E-state index >= 15 is 0 Å². The van der Waals surface area contributed by atoms with Crippen molar-refractivity contribution in [3.05, 3.63) is 24.3 Å². The molecule has 1 aliphatic rings. The first-order chi connectivity index (χ1) is 11.5. The van der Waals surface area contributed by atoms with Crippen molar-refractivity contribution in [2.45, 2.75) is 51.3 Å². The van der Waals surface area contributed by atoms with Crippen LogP contribution in [0.1, 0.15) is 46.5 Å². The molecule has 1 aromatic rings. The maximum Gasteiger partial charge on any atom is 0.242 e. The van der Waals surface area contributed by atoms with Gasteiger partial charge in [-0.2, -0.15) is 0 Å². The Balaban J connectivity index is 2.03. The molecule has 0 saturated heterocycles. The average Bonchev–Trinajstić information content (AvgIpc) is 2.54. The molecule has 1 aliphatic carbocycles. The van der Waals surface area contributed by atoms with Gasteiger partial charge >= 0.3 is 0 Å². The number of carbonyl (C=O) groups excluding carboxylic acids is 1. The van der Waals surface area contributed by atoms with Crippen molar-refractivity contribution >= 4 is 21.6 Å². The van der Waals surface area contributed by atoms with Gasteiger partial charge < -0.3 is 5.32 Å². The number of carbonyl (C=O) groups is 1. The van der Waals surface area contributed by atoms with Crippen LogP contribution in [-0.4, -0.2) is 32.7 Å². The fourth-order valence-electron chi connectivity index (χ4n) is 3.41. The summed E-state index contributed by atoms with van der Waals surface area (Å²) in [6.45, 7) is 6.78. The maximum absolute atomic E-state index is 12.5. The van der Waals surface area contributed by atoms with Crippen LogP contribution in [0.4, 0.5) is 5.69 Å². The molecule has 1 N–H and O–H groups in total. The zero-order valence-electron chi connectivity index (χ0n) is 15.9. The standard InChI is InChI=1S/C19H30N2O3S/c1-19(2,3)15-11-9-14(10-12-15)18(22)20-16-7-6-8-17(13-16)25(23,24)21(4)5/h6-8,13-15H,9-12H2,1-5H3,(H,20,22). The summed E-state index contributed by atoms with van der Waals surface area (Å²) in [4.78, 5) is 12.7. The Morgan fingerprint density at radius 1 is 1.12 bits per heavy atom. The summed E-state index contributed by atoms with van der Waals surface area (Å²) in [6.07, 6.45) is 3.92. The van der Waals surface area contributed by atoms with Crippen LogP contribution < -0.4 is 5.32 Å². The highest BCUT2D eigenvalue weighted by atomic mass is 32.2. The lowest BCUT2D eigenvalue weighted by Gasteiger charge is -2.36. The number of hydrogen-bond donors (Lipinski definition) is 1. The summed E-state index contributed by atoms with van der Waals surface area (Å²) in [5.74, 6) is 0.657. The number of nitrogens with zero attached hydrogens (tertiary/aromatic N) is 1. The first kappa shape index (κ1) is 19.9. The minimum Gasteiger partial charge on any atom is -0.326 e. The molecule has 25 heavy (non-hydrogen) atoms. The van der Waals surface area contributed by atoms with E-state index in [1.54, 1.807) is 18.2 Å². The number of amides is 1. The first-order valence-corrected chi connectivity index (χ1v) is 10.3. The molecule has 0 heterocycles. The third-order valence-electron chi connectivity index (χ3n) is 5.20. The molecule has 0 unspecified atom stereocenters. The molecule has 0 bridgehead atoms. The Morgan fingerprint density at radius 2 is 1.72 bits per heavy atom. The van der Waals surface area contributed by atoms with Gasteiger partial charge in [-0.15, -0.1) is 0 Å². The van der Waals surface area contributed by atoms with Gasteiger partial charge in [0.1, 0.15) is 0 Å². The number of hydrogen-bond acceptors (Lipinski definition) is 3. The number of rotatable bonds is 4. The van der Waals surface area contributed by atoms with E-state index in [9.17, 15) is 13.2 Å². The van der Waals surface area contributed by atoms with Gasteiger partial charge in [0.2, 0.25) is 15.9 Å². The summed E-state index contributed by atoms with van der Waals surface area (Å²) < 4.78 is 25.6. The molecule has 0 aromatic heterocycles. The third-order valence-corrected chi connectivity index (χ3v) is 7.01. The van der Waals surface area contributed by atoms with Gasteiger partial charge in [0.25, 0.3) is 0 Å². The van der Waals surface area contributed by atoms with Gasteiger partial charge in [-0.25, -0.2) is 12.7 Å². The monoisotopic (exact) mass is 366 g/mol. The Bertz CT molecular complexity index is 712. The quantitative estimate of drug-likeness (QED) is 0.883. The molecule has 0 atom stereocenters. The Labute approximate surface area is 151 Å². The molecule has 0 radical (unpaired) electrons. The second-order valence-corrected chi connectivity index (χ2v) is 10.4. The minimum absolute atomic E-state index is 0.00714. The van der Waals surface area contributed by atoms with E-state index in [4.69, 9.17) is 0 Å². The van der Waals surface area contributed by atoms with Crippen LogP contribution in [-0.2, 0) is 14.8 Å². The van der Waals surface area contributed by atoms with E-state index in [1.165, 1.54) is 24.5 Å². The van der Waals surface area contributed by atoms with E-state index in [2.05, 4.69) is 26.1 Å².